The number of amidine groups is 1. The first-order valence-electron chi connectivity index (χ1n) is 16.8. The SMILES string of the molecule is CCCCCOC(=O)COc1cc(N2C(=O)C3=C(CCCC3)C2=O)c(F)cc1Cl.CCc1cnc(C2=NC(C)(C(C)C)C(=O)N2)c(C(=O)O)c1. The number of hydrogen-bond donors (Lipinski definition) is 2. The van der Waals surface area contributed by atoms with Crippen molar-refractivity contribution in [1.29, 1.82) is 0 Å². The number of aryl methyl sites for hydroxylation is 1. The van der Waals surface area contributed by atoms with Crippen molar-refractivity contribution >= 4 is 52.8 Å². The molecule has 3 amide bonds. The van der Waals surface area contributed by atoms with E-state index in [0.29, 0.717) is 37.0 Å². The number of benzene rings is 1. The number of carbonyl (C=O) groups is 5. The summed E-state index contributed by atoms with van der Waals surface area (Å²) in [5.41, 5.74) is 0.870. The molecule has 0 radical (unpaired) electrons. The lowest BCUT2D eigenvalue weighted by atomic mass is 9.89. The average Bonchev–Trinajstić information content (AvgIpc) is 3.54. The Morgan fingerprint density at radius 2 is 1.74 bits per heavy atom. The summed E-state index contributed by atoms with van der Waals surface area (Å²) in [4.78, 5) is 70.1. The molecular formula is C36H42ClFN4O8. The van der Waals surface area contributed by atoms with E-state index in [-0.39, 0.29) is 45.4 Å². The van der Waals surface area contributed by atoms with Gasteiger partial charge in [0.2, 0.25) is 0 Å². The highest BCUT2D eigenvalue weighted by atomic mass is 35.5. The summed E-state index contributed by atoms with van der Waals surface area (Å²) >= 11 is 6.02. The Hall–Kier alpha value is -4.65. The average molecular weight is 713 g/mol. The molecule has 1 aromatic heterocycles. The van der Waals surface area contributed by atoms with E-state index in [0.717, 1.165) is 48.6 Å². The van der Waals surface area contributed by atoms with Crippen molar-refractivity contribution in [3.63, 3.8) is 0 Å². The van der Waals surface area contributed by atoms with Crippen molar-refractivity contribution < 1.29 is 42.9 Å². The van der Waals surface area contributed by atoms with Gasteiger partial charge in [0.05, 0.1) is 22.9 Å². The summed E-state index contributed by atoms with van der Waals surface area (Å²) in [6, 6.07) is 3.72. The number of ether oxygens (including phenoxy) is 2. The minimum atomic E-state index is -1.08. The number of halogens is 2. The number of anilines is 1. The van der Waals surface area contributed by atoms with E-state index in [4.69, 9.17) is 21.1 Å². The lowest BCUT2D eigenvalue weighted by molar-refractivity contribution is -0.146. The van der Waals surface area contributed by atoms with Crippen molar-refractivity contribution in [2.75, 3.05) is 18.1 Å². The van der Waals surface area contributed by atoms with Gasteiger partial charge in [-0.2, -0.15) is 0 Å². The number of amides is 3. The number of aromatic carboxylic acids is 1. The zero-order chi connectivity index (χ0) is 36.7. The van der Waals surface area contributed by atoms with Gasteiger partial charge in [0.15, 0.2) is 12.4 Å². The van der Waals surface area contributed by atoms with Crippen LogP contribution in [0, 0.1) is 11.7 Å². The van der Waals surface area contributed by atoms with Gasteiger partial charge in [-0.25, -0.2) is 23.9 Å². The zero-order valence-corrected chi connectivity index (χ0v) is 29.6. The van der Waals surface area contributed by atoms with Crippen molar-refractivity contribution in [2.24, 2.45) is 10.9 Å². The lowest BCUT2D eigenvalue weighted by Crippen LogP contribution is -2.41. The maximum Gasteiger partial charge on any atom is 0.344 e. The third-order valence-electron chi connectivity index (χ3n) is 8.96. The predicted octanol–water partition coefficient (Wildman–Crippen LogP) is 5.97. The van der Waals surface area contributed by atoms with E-state index in [1.807, 2.05) is 27.7 Å². The maximum absolute atomic E-state index is 14.5. The molecule has 12 nitrogen and oxygen atoms in total. The third kappa shape index (κ3) is 8.20. The Kier molecular flexibility index (Phi) is 12.5. The molecule has 1 aromatic carbocycles. The number of unbranched alkanes of at least 4 members (excludes halogenated alkanes) is 2. The molecule has 0 saturated carbocycles. The van der Waals surface area contributed by atoms with Gasteiger partial charge in [-0.1, -0.05) is 52.1 Å². The molecule has 0 bridgehead atoms. The summed E-state index contributed by atoms with van der Waals surface area (Å²) in [6.45, 7) is 9.39. The van der Waals surface area contributed by atoms with Crippen LogP contribution in [-0.2, 0) is 30.3 Å². The summed E-state index contributed by atoms with van der Waals surface area (Å²) in [6.07, 6.45) is 7.70. The standard InChI is InChI=1S/C21H23ClFNO5.C15H19N3O3/c1-2-3-6-9-28-19(25)12-29-18-11-17(16(23)10-15(18)22)24-20(26)13-7-4-5-8-14(13)21(24)27;1-5-9-6-10(13(19)20)11(16-7-9)12-17-14(21)15(4,18-12)8(2)3/h10-11H,2-9,12H2,1H3;6-8H,5H2,1-4H3,(H,19,20)(H,17,18,21). The minimum Gasteiger partial charge on any atom is -0.480 e. The van der Waals surface area contributed by atoms with Gasteiger partial charge in [0.25, 0.3) is 17.7 Å². The van der Waals surface area contributed by atoms with Gasteiger partial charge in [-0.15, -0.1) is 0 Å². The number of carbonyl (C=O) groups excluding carboxylic acids is 4. The second-order valence-electron chi connectivity index (χ2n) is 12.7. The van der Waals surface area contributed by atoms with Gasteiger partial charge in [-0.05, 0) is 69.1 Å². The molecule has 268 valence electrons. The van der Waals surface area contributed by atoms with Crippen LogP contribution >= 0.6 is 11.6 Å². The van der Waals surface area contributed by atoms with Crippen LogP contribution in [0.5, 0.6) is 5.75 Å². The van der Waals surface area contributed by atoms with Crippen molar-refractivity contribution in [2.45, 2.75) is 91.5 Å². The fourth-order valence-electron chi connectivity index (χ4n) is 5.58. The molecule has 1 unspecified atom stereocenters. The molecule has 1 aliphatic carbocycles. The number of hydrogen-bond acceptors (Lipinski definition) is 9. The first kappa shape index (κ1) is 38.2. The molecule has 50 heavy (non-hydrogen) atoms. The van der Waals surface area contributed by atoms with Crippen LogP contribution in [0.4, 0.5) is 10.1 Å². The molecule has 2 aromatic rings. The molecule has 2 N–H and O–H groups in total. The Balaban J connectivity index is 0.000000237. The van der Waals surface area contributed by atoms with E-state index < -0.39 is 41.7 Å². The van der Waals surface area contributed by atoms with Crippen molar-refractivity contribution in [1.82, 2.24) is 10.3 Å². The van der Waals surface area contributed by atoms with Gasteiger partial charge in [-0.3, -0.25) is 19.4 Å². The fraction of sp³-hybridized carbons (Fsp3) is 0.472. The molecule has 0 saturated heterocycles. The van der Waals surface area contributed by atoms with E-state index in [1.54, 1.807) is 19.2 Å². The van der Waals surface area contributed by atoms with Gasteiger partial charge >= 0.3 is 11.9 Å². The van der Waals surface area contributed by atoms with E-state index in [1.165, 1.54) is 6.07 Å². The number of carboxylic acid groups (broad SMARTS) is 1. The van der Waals surface area contributed by atoms with Crippen LogP contribution in [0.2, 0.25) is 5.02 Å². The summed E-state index contributed by atoms with van der Waals surface area (Å²) < 4.78 is 25.0. The summed E-state index contributed by atoms with van der Waals surface area (Å²) in [7, 11) is 0. The highest BCUT2D eigenvalue weighted by Crippen LogP contribution is 2.39. The monoisotopic (exact) mass is 712 g/mol. The number of aliphatic imine (C=N–C) groups is 1. The molecular weight excluding hydrogens is 671 g/mol. The van der Waals surface area contributed by atoms with Crippen LogP contribution in [0.1, 0.15) is 101 Å². The quantitative estimate of drug-likeness (QED) is 0.153. The summed E-state index contributed by atoms with van der Waals surface area (Å²) in [5.74, 6) is -3.49. The Morgan fingerprint density at radius 1 is 1.08 bits per heavy atom. The number of nitrogens with one attached hydrogen (secondary N) is 1. The number of esters is 1. The van der Waals surface area contributed by atoms with Crippen LogP contribution in [0.25, 0.3) is 0 Å². The molecule has 0 fully saturated rings. The highest BCUT2D eigenvalue weighted by Gasteiger charge is 2.43. The number of pyridine rings is 1. The number of rotatable bonds is 12. The van der Waals surface area contributed by atoms with Crippen molar-refractivity contribution in [3.8, 4) is 5.75 Å². The van der Waals surface area contributed by atoms with E-state index in [9.17, 15) is 33.5 Å². The Bertz CT molecular complexity index is 1730. The molecule has 3 aliphatic rings. The lowest BCUT2D eigenvalue weighted by Gasteiger charge is -2.21. The van der Waals surface area contributed by atoms with Gasteiger partial charge in [0.1, 0.15) is 22.8 Å². The smallest absolute Gasteiger partial charge is 0.344 e. The molecule has 5 rings (SSSR count). The molecule has 3 heterocycles. The minimum absolute atomic E-state index is 0.000883. The topological polar surface area (TPSA) is 165 Å². The Morgan fingerprint density at radius 3 is 2.30 bits per heavy atom. The molecule has 14 heteroatoms. The predicted molar refractivity (Wildman–Crippen MR) is 184 cm³/mol. The van der Waals surface area contributed by atoms with E-state index >= 15 is 0 Å². The second-order valence-corrected chi connectivity index (χ2v) is 13.1. The zero-order valence-electron chi connectivity index (χ0n) is 28.9. The number of aromatic nitrogens is 1. The fourth-order valence-corrected chi connectivity index (χ4v) is 5.78. The first-order valence-corrected chi connectivity index (χ1v) is 17.1. The van der Waals surface area contributed by atoms with E-state index in [2.05, 4.69) is 15.3 Å². The molecule has 1 atom stereocenters. The maximum atomic E-state index is 14.5. The number of carboxylic acids is 1. The number of imide groups is 1. The molecule has 0 spiro atoms. The molecule has 2 aliphatic heterocycles. The normalized spacial score (nSPS) is 18.4. The first-order chi connectivity index (χ1) is 23.7. The van der Waals surface area contributed by atoms with Crippen LogP contribution in [-0.4, -0.2) is 64.3 Å². The van der Waals surface area contributed by atoms with Crippen LogP contribution < -0.4 is 15.0 Å². The van der Waals surface area contributed by atoms with Gasteiger partial charge < -0.3 is 19.9 Å². The largest absolute Gasteiger partial charge is 0.480 e. The van der Waals surface area contributed by atoms with Gasteiger partial charge in [0, 0.05) is 23.4 Å². The highest BCUT2D eigenvalue weighted by molar-refractivity contribution is 6.34. The Labute approximate surface area is 295 Å². The van der Waals surface area contributed by atoms with Crippen molar-refractivity contribution in [3.05, 3.63) is 63.2 Å². The summed E-state index contributed by atoms with van der Waals surface area (Å²) in [5, 5.41) is 11.9. The number of nitrogens with zero attached hydrogens (tertiary/aromatic N) is 3. The van der Waals surface area contributed by atoms with Crippen LogP contribution in [0.15, 0.2) is 40.5 Å². The van der Waals surface area contributed by atoms with Crippen LogP contribution in [0.3, 0.4) is 0 Å². The third-order valence-corrected chi connectivity index (χ3v) is 9.25. The second kappa shape index (κ2) is 16.4.